The van der Waals surface area contributed by atoms with Crippen molar-refractivity contribution in [2.24, 2.45) is 0 Å². The van der Waals surface area contributed by atoms with Crippen molar-refractivity contribution < 1.29 is 13.9 Å². The lowest BCUT2D eigenvalue weighted by Gasteiger charge is -2.10. The van der Waals surface area contributed by atoms with Gasteiger partial charge >= 0.3 is 0 Å². The van der Waals surface area contributed by atoms with Gasteiger partial charge in [-0.2, -0.15) is 0 Å². The molecular weight excluding hydrogens is 335 g/mol. The van der Waals surface area contributed by atoms with E-state index in [1.54, 1.807) is 36.4 Å². The zero-order chi connectivity index (χ0) is 18.4. The largest absolute Gasteiger partial charge is 0.495 e. The maximum atomic E-state index is 13.7. The molecule has 0 spiro atoms. The Labute approximate surface area is 150 Å². The highest BCUT2D eigenvalue weighted by molar-refractivity contribution is 6.04. The molecule has 3 aromatic rings. The van der Waals surface area contributed by atoms with Gasteiger partial charge in [0.05, 0.1) is 12.8 Å². The molecular formula is C19H17FN4O2. The second kappa shape index (κ2) is 8.06. The van der Waals surface area contributed by atoms with Gasteiger partial charge in [0, 0.05) is 18.2 Å². The third-order valence-electron chi connectivity index (χ3n) is 3.67. The molecule has 2 N–H and O–H groups in total. The Bertz CT molecular complexity index is 917. The fraction of sp³-hybridized carbons (Fsp3) is 0.105. The van der Waals surface area contributed by atoms with Crippen LogP contribution in [0.5, 0.6) is 5.75 Å². The van der Waals surface area contributed by atoms with Gasteiger partial charge in [-0.25, -0.2) is 14.4 Å². The Morgan fingerprint density at radius 3 is 2.69 bits per heavy atom. The van der Waals surface area contributed by atoms with Crippen LogP contribution in [0, 0.1) is 5.82 Å². The van der Waals surface area contributed by atoms with E-state index in [4.69, 9.17) is 4.74 Å². The van der Waals surface area contributed by atoms with Crippen molar-refractivity contribution in [1.82, 2.24) is 9.97 Å². The monoisotopic (exact) mass is 352 g/mol. The third-order valence-corrected chi connectivity index (χ3v) is 3.67. The molecule has 132 valence electrons. The van der Waals surface area contributed by atoms with Gasteiger partial charge in [0.1, 0.15) is 29.4 Å². The van der Waals surface area contributed by atoms with Crippen molar-refractivity contribution >= 4 is 17.4 Å². The molecule has 0 radical (unpaired) electrons. The minimum Gasteiger partial charge on any atom is -0.495 e. The number of hydrogen-bond donors (Lipinski definition) is 2. The molecule has 0 atom stereocenters. The summed E-state index contributed by atoms with van der Waals surface area (Å²) in [5.74, 6) is 0.273. The number of aromatic nitrogens is 2. The smallest absolute Gasteiger partial charge is 0.274 e. The first-order valence-electron chi connectivity index (χ1n) is 7.91. The van der Waals surface area contributed by atoms with E-state index >= 15 is 0 Å². The highest BCUT2D eigenvalue weighted by Gasteiger charge is 2.12. The Kier molecular flexibility index (Phi) is 5.38. The summed E-state index contributed by atoms with van der Waals surface area (Å²) in [5.41, 5.74) is 1.23. The van der Waals surface area contributed by atoms with Crippen LogP contribution in [0.2, 0.25) is 0 Å². The Hall–Kier alpha value is -3.48. The summed E-state index contributed by atoms with van der Waals surface area (Å²) in [6.07, 6.45) is 1.28. The number of nitrogens with zero attached hydrogens (tertiary/aromatic N) is 2. The van der Waals surface area contributed by atoms with E-state index in [9.17, 15) is 9.18 Å². The van der Waals surface area contributed by atoms with Crippen LogP contribution >= 0.6 is 0 Å². The number of para-hydroxylation sites is 2. The maximum Gasteiger partial charge on any atom is 0.274 e. The van der Waals surface area contributed by atoms with Crippen LogP contribution in [0.1, 0.15) is 16.1 Å². The molecule has 0 aliphatic carbocycles. The van der Waals surface area contributed by atoms with Crippen LogP contribution < -0.4 is 15.4 Å². The lowest BCUT2D eigenvalue weighted by Crippen LogP contribution is -2.15. The van der Waals surface area contributed by atoms with Crippen molar-refractivity contribution in [1.29, 1.82) is 0 Å². The molecule has 0 aliphatic heterocycles. The number of carbonyl (C=O) groups is 1. The second-order valence-electron chi connectivity index (χ2n) is 5.39. The number of ether oxygens (including phenoxy) is 1. The Morgan fingerprint density at radius 1 is 1.12 bits per heavy atom. The average molecular weight is 352 g/mol. The molecule has 1 amide bonds. The van der Waals surface area contributed by atoms with Gasteiger partial charge in [0.15, 0.2) is 0 Å². The average Bonchev–Trinajstić information content (AvgIpc) is 2.68. The van der Waals surface area contributed by atoms with Crippen LogP contribution in [-0.4, -0.2) is 23.0 Å². The molecule has 0 saturated heterocycles. The summed E-state index contributed by atoms with van der Waals surface area (Å²) in [4.78, 5) is 20.5. The molecule has 1 aromatic heterocycles. The van der Waals surface area contributed by atoms with Gasteiger partial charge in [0.2, 0.25) is 0 Å². The van der Waals surface area contributed by atoms with Gasteiger partial charge in [-0.05, 0) is 18.2 Å². The summed E-state index contributed by atoms with van der Waals surface area (Å²) in [5, 5.41) is 5.73. The first-order chi connectivity index (χ1) is 12.7. The van der Waals surface area contributed by atoms with E-state index in [0.29, 0.717) is 22.8 Å². The standard InChI is InChI=1S/C19H17FN4O2/c1-26-17-9-5-4-8-15(17)24-19(25)16-10-18(23-12-22-16)21-11-13-6-2-3-7-14(13)20/h2-10,12H,11H2,1H3,(H,24,25)(H,21,22,23). The van der Waals surface area contributed by atoms with Crippen molar-refractivity contribution in [3.05, 3.63) is 78.0 Å². The highest BCUT2D eigenvalue weighted by Crippen LogP contribution is 2.23. The lowest BCUT2D eigenvalue weighted by molar-refractivity contribution is 0.102. The summed E-state index contributed by atoms with van der Waals surface area (Å²) < 4.78 is 18.9. The number of carbonyl (C=O) groups excluding carboxylic acids is 1. The number of hydrogen-bond acceptors (Lipinski definition) is 5. The molecule has 26 heavy (non-hydrogen) atoms. The summed E-state index contributed by atoms with van der Waals surface area (Å²) in [6, 6.07) is 15.0. The van der Waals surface area contributed by atoms with E-state index in [0.717, 1.165) is 0 Å². The second-order valence-corrected chi connectivity index (χ2v) is 5.39. The SMILES string of the molecule is COc1ccccc1NC(=O)c1cc(NCc2ccccc2F)ncn1. The van der Waals surface area contributed by atoms with E-state index < -0.39 is 5.91 Å². The molecule has 0 saturated carbocycles. The van der Waals surface area contributed by atoms with E-state index in [2.05, 4.69) is 20.6 Å². The van der Waals surface area contributed by atoms with Gasteiger partial charge in [-0.15, -0.1) is 0 Å². The summed E-state index contributed by atoms with van der Waals surface area (Å²) in [7, 11) is 1.53. The van der Waals surface area contributed by atoms with E-state index in [1.807, 2.05) is 6.07 Å². The third kappa shape index (κ3) is 4.13. The van der Waals surface area contributed by atoms with E-state index in [-0.39, 0.29) is 18.1 Å². The molecule has 0 fully saturated rings. The Morgan fingerprint density at radius 2 is 1.88 bits per heavy atom. The number of amides is 1. The van der Waals surface area contributed by atoms with Crippen molar-refractivity contribution in [2.75, 3.05) is 17.7 Å². The molecule has 3 rings (SSSR count). The zero-order valence-electron chi connectivity index (χ0n) is 14.1. The quantitative estimate of drug-likeness (QED) is 0.710. The predicted octanol–water partition coefficient (Wildman–Crippen LogP) is 3.49. The van der Waals surface area contributed by atoms with Crippen LogP contribution in [0.15, 0.2) is 60.9 Å². The minimum atomic E-state index is -0.397. The molecule has 0 bridgehead atoms. The van der Waals surface area contributed by atoms with Crippen molar-refractivity contribution in [3.8, 4) is 5.75 Å². The number of methoxy groups -OCH3 is 1. The molecule has 2 aromatic carbocycles. The molecule has 0 aliphatic rings. The van der Waals surface area contributed by atoms with Gasteiger partial charge in [-0.1, -0.05) is 30.3 Å². The number of rotatable bonds is 6. The van der Waals surface area contributed by atoms with Crippen molar-refractivity contribution in [3.63, 3.8) is 0 Å². The first kappa shape index (κ1) is 17.3. The number of halogens is 1. The van der Waals surface area contributed by atoms with Crippen LogP contribution in [-0.2, 0) is 6.54 Å². The van der Waals surface area contributed by atoms with Crippen molar-refractivity contribution in [2.45, 2.75) is 6.54 Å². The van der Waals surface area contributed by atoms with Gasteiger partial charge in [-0.3, -0.25) is 4.79 Å². The lowest BCUT2D eigenvalue weighted by atomic mass is 10.2. The first-order valence-corrected chi connectivity index (χ1v) is 7.91. The predicted molar refractivity (Wildman–Crippen MR) is 96.7 cm³/mol. The van der Waals surface area contributed by atoms with Crippen LogP contribution in [0.25, 0.3) is 0 Å². The minimum absolute atomic E-state index is 0.182. The fourth-order valence-corrected chi connectivity index (χ4v) is 2.34. The number of anilines is 2. The molecule has 6 nitrogen and oxygen atoms in total. The maximum absolute atomic E-state index is 13.7. The topological polar surface area (TPSA) is 76.1 Å². The number of nitrogens with one attached hydrogen (secondary N) is 2. The molecule has 7 heteroatoms. The van der Waals surface area contributed by atoms with Gasteiger partial charge < -0.3 is 15.4 Å². The summed E-state index contributed by atoms with van der Waals surface area (Å²) in [6.45, 7) is 0.247. The highest BCUT2D eigenvalue weighted by atomic mass is 19.1. The Balaban J connectivity index is 1.70. The molecule has 1 heterocycles. The van der Waals surface area contributed by atoms with Crippen LogP contribution in [0.3, 0.4) is 0 Å². The normalized spacial score (nSPS) is 10.2. The fourth-order valence-electron chi connectivity index (χ4n) is 2.34. The van der Waals surface area contributed by atoms with Gasteiger partial charge in [0.25, 0.3) is 5.91 Å². The van der Waals surface area contributed by atoms with E-state index in [1.165, 1.54) is 25.6 Å². The van der Waals surface area contributed by atoms with Crippen LogP contribution in [0.4, 0.5) is 15.9 Å². The zero-order valence-corrected chi connectivity index (χ0v) is 14.1. The molecule has 0 unspecified atom stereocenters. The summed E-state index contributed by atoms with van der Waals surface area (Å²) >= 11 is 0. The number of benzene rings is 2.